The molecule has 1 unspecified atom stereocenters. The highest BCUT2D eigenvalue weighted by atomic mass is 16.4. The molecule has 1 aliphatic heterocycles. The predicted molar refractivity (Wildman–Crippen MR) is 56.8 cm³/mol. The molecular formula is C11H14N2O2. The van der Waals surface area contributed by atoms with Crippen LogP contribution in [0.3, 0.4) is 0 Å². The quantitative estimate of drug-likeness (QED) is 0.794. The largest absolute Gasteiger partial charge is 0.481 e. The number of anilines is 1. The van der Waals surface area contributed by atoms with Crippen molar-refractivity contribution in [1.82, 2.24) is 4.98 Å². The molecule has 0 radical (unpaired) electrons. The summed E-state index contributed by atoms with van der Waals surface area (Å²) in [4.78, 5) is 17.1. The smallest absolute Gasteiger partial charge is 0.311 e. The Balaban J connectivity index is 2.14. The summed E-state index contributed by atoms with van der Waals surface area (Å²) in [5.41, 5.74) is 0.443. The van der Waals surface area contributed by atoms with Crippen LogP contribution in [0.25, 0.3) is 0 Å². The van der Waals surface area contributed by atoms with Crippen molar-refractivity contribution >= 4 is 11.7 Å². The van der Waals surface area contributed by atoms with E-state index in [1.807, 2.05) is 12.1 Å². The highest BCUT2D eigenvalue weighted by Gasteiger charge is 2.40. The maximum atomic E-state index is 11.1. The lowest BCUT2D eigenvalue weighted by atomic mass is 9.90. The van der Waals surface area contributed by atoms with Crippen molar-refractivity contribution in [3.8, 4) is 0 Å². The molecule has 80 valence electrons. The standard InChI is InChI=1S/C11H14N2O2/c1-11(10(14)15)4-7-13(8-11)9-2-5-12-6-3-9/h2-3,5-6H,4,7-8H2,1H3,(H,14,15). The fourth-order valence-electron chi connectivity index (χ4n) is 1.91. The highest BCUT2D eigenvalue weighted by molar-refractivity contribution is 5.76. The van der Waals surface area contributed by atoms with E-state index in [0.29, 0.717) is 13.0 Å². The zero-order valence-corrected chi connectivity index (χ0v) is 8.68. The number of nitrogens with zero attached hydrogens (tertiary/aromatic N) is 2. The third-order valence-corrected chi connectivity index (χ3v) is 3.02. The van der Waals surface area contributed by atoms with Crippen LogP contribution in [0.1, 0.15) is 13.3 Å². The molecule has 1 aromatic heterocycles. The van der Waals surface area contributed by atoms with E-state index in [1.165, 1.54) is 0 Å². The average molecular weight is 206 g/mol. The maximum Gasteiger partial charge on any atom is 0.311 e. The Kier molecular flexibility index (Phi) is 2.34. The van der Waals surface area contributed by atoms with Crippen molar-refractivity contribution in [2.45, 2.75) is 13.3 Å². The minimum atomic E-state index is -0.709. The summed E-state index contributed by atoms with van der Waals surface area (Å²) in [5, 5.41) is 9.10. The van der Waals surface area contributed by atoms with E-state index in [0.717, 1.165) is 12.2 Å². The Labute approximate surface area is 88.6 Å². The van der Waals surface area contributed by atoms with Gasteiger partial charge < -0.3 is 10.0 Å². The first-order valence-corrected chi connectivity index (χ1v) is 5.00. The molecule has 0 spiro atoms. The van der Waals surface area contributed by atoms with Gasteiger partial charge in [0.05, 0.1) is 5.41 Å². The second-order valence-electron chi connectivity index (χ2n) is 4.24. The van der Waals surface area contributed by atoms with Crippen LogP contribution in [0.4, 0.5) is 5.69 Å². The molecule has 0 bridgehead atoms. The molecule has 0 saturated carbocycles. The molecule has 15 heavy (non-hydrogen) atoms. The van der Waals surface area contributed by atoms with Gasteiger partial charge in [0.25, 0.3) is 0 Å². The molecule has 1 N–H and O–H groups in total. The number of rotatable bonds is 2. The topological polar surface area (TPSA) is 53.4 Å². The van der Waals surface area contributed by atoms with Crippen molar-refractivity contribution in [2.24, 2.45) is 5.41 Å². The summed E-state index contributed by atoms with van der Waals surface area (Å²) < 4.78 is 0. The molecule has 1 atom stereocenters. The summed E-state index contributed by atoms with van der Waals surface area (Å²) >= 11 is 0. The first kappa shape index (κ1) is 9.96. The minimum Gasteiger partial charge on any atom is -0.481 e. The number of pyridine rings is 1. The number of aromatic nitrogens is 1. The second-order valence-corrected chi connectivity index (χ2v) is 4.24. The van der Waals surface area contributed by atoms with E-state index in [1.54, 1.807) is 19.3 Å². The zero-order valence-electron chi connectivity index (χ0n) is 8.68. The lowest BCUT2D eigenvalue weighted by Crippen LogP contribution is -2.31. The van der Waals surface area contributed by atoms with Crippen molar-refractivity contribution in [3.05, 3.63) is 24.5 Å². The van der Waals surface area contributed by atoms with Crippen molar-refractivity contribution in [3.63, 3.8) is 0 Å². The first-order chi connectivity index (χ1) is 7.12. The lowest BCUT2D eigenvalue weighted by Gasteiger charge is -2.21. The number of carboxylic acids is 1. The molecule has 4 heteroatoms. The Morgan fingerprint density at radius 2 is 2.20 bits per heavy atom. The third kappa shape index (κ3) is 1.79. The SMILES string of the molecule is CC1(C(=O)O)CCN(c2ccncc2)C1. The van der Waals surface area contributed by atoms with Crippen LogP contribution < -0.4 is 4.90 Å². The van der Waals surface area contributed by atoms with Gasteiger partial charge in [-0.05, 0) is 25.5 Å². The summed E-state index contributed by atoms with van der Waals surface area (Å²) in [6.45, 7) is 3.18. The van der Waals surface area contributed by atoms with Crippen LogP contribution in [0.15, 0.2) is 24.5 Å². The van der Waals surface area contributed by atoms with Crippen molar-refractivity contribution in [2.75, 3.05) is 18.0 Å². The molecule has 0 amide bonds. The fraction of sp³-hybridized carbons (Fsp3) is 0.455. The molecule has 1 fully saturated rings. The van der Waals surface area contributed by atoms with E-state index in [-0.39, 0.29) is 0 Å². The van der Waals surface area contributed by atoms with E-state index in [4.69, 9.17) is 5.11 Å². The predicted octanol–water partition coefficient (Wildman–Crippen LogP) is 1.38. The fourth-order valence-corrected chi connectivity index (χ4v) is 1.91. The highest BCUT2D eigenvalue weighted by Crippen LogP contribution is 2.32. The Hall–Kier alpha value is -1.58. The van der Waals surface area contributed by atoms with E-state index < -0.39 is 11.4 Å². The zero-order chi connectivity index (χ0) is 10.9. The molecule has 2 rings (SSSR count). The third-order valence-electron chi connectivity index (χ3n) is 3.02. The molecular weight excluding hydrogens is 192 g/mol. The molecule has 2 heterocycles. The summed E-state index contributed by atoms with van der Waals surface area (Å²) in [5.74, 6) is -0.709. The minimum absolute atomic E-state index is 0.576. The lowest BCUT2D eigenvalue weighted by molar-refractivity contribution is -0.146. The Bertz CT molecular complexity index is 366. The molecule has 1 saturated heterocycles. The maximum absolute atomic E-state index is 11.1. The van der Waals surface area contributed by atoms with Gasteiger partial charge in [0.1, 0.15) is 0 Å². The van der Waals surface area contributed by atoms with Crippen LogP contribution in [0, 0.1) is 5.41 Å². The van der Waals surface area contributed by atoms with Gasteiger partial charge in [-0.15, -0.1) is 0 Å². The van der Waals surface area contributed by atoms with Gasteiger partial charge >= 0.3 is 5.97 Å². The van der Waals surface area contributed by atoms with E-state index >= 15 is 0 Å². The summed E-state index contributed by atoms with van der Waals surface area (Å²) in [6.07, 6.45) is 4.15. The van der Waals surface area contributed by atoms with Gasteiger partial charge in [-0.3, -0.25) is 9.78 Å². The molecule has 1 aliphatic rings. The summed E-state index contributed by atoms with van der Waals surface area (Å²) in [6, 6.07) is 3.82. The van der Waals surface area contributed by atoms with Gasteiger partial charge in [-0.2, -0.15) is 0 Å². The van der Waals surface area contributed by atoms with Gasteiger partial charge in [-0.1, -0.05) is 0 Å². The Morgan fingerprint density at radius 3 is 2.73 bits per heavy atom. The normalized spacial score (nSPS) is 25.5. The Morgan fingerprint density at radius 1 is 1.53 bits per heavy atom. The second kappa shape index (κ2) is 3.53. The van der Waals surface area contributed by atoms with Gasteiger partial charge in [-0.25, -0.2) is 0 Å². The monoisotopic (exact) mass is 206 g/mol. The van der Waals surface area contributed by atoms with E-state index in [2.05, 4.69) is 9.88 Å². The van der Waals surface area contributed by atoms with Crippen LogP contribution in [-0.2, 0) is 4.79 Å². The van der Waals surface area contributed by atoms with Crippen LogP contribution in [-0.4, -0.2) is 29.1 Å². The number of aliphatic carboxylic acids is 1. The van der Waals surface area contributed by atoms with Gasteiger partial charge in [0.2, 0.25) is 0 Å². The van der Waals surface area contributed by atoms with Gasteiger partial charge in [0, 0.05) is 31.2 Å². The van der Waals surface area contributed by atoms with Gasteiger partial charge in [0.15, 0.2) is 0 Å². The molecule has 1 aromatic rings. The first-order valence-electron chi connectivity index (χ1n) is 5.00. The van der Waals surface area contributed by atoms with Crippen LogP contribution in [0.2, 0.25) is 0 Å². The number of hydrogen-bond acceptors (Lipinski definition) is 3. The summed E-state index contributed by atoms with van der Waals surface area (Å²) in [7, 11) is 0. The average Bonchev–Trinajstić information content (AvgIpc) is 2.64. The molecule has 0 aromatic carbocycles. The van der Waals surface area contributed by atoms with E-state index in [9.17, 15) is 4.79 Å². The number of carbonyl (C=O) groups is 1. The van der Waals surface area contributed by atoms with Crippen molar-refractivity contribution in [1.29, 1.82) is 0 Å². The van der Waals surface area contributed by atoms with Crippen LogP contribution >= 0.6 is 0 Å². The number of hydrogen-bond donors (Lipinski definition) is 1. The molecule has 4 nitrogen and oxygen atoms in total. The molecule has 0 aliphatic carbocycles. The van der Waals surface area contributed by atoms with Crippen LogP contribution in [0.5, 0.6) is 0 Å². The van der Waals surface area contributed by atoms with Crippen molar-refractivity contribution < 1.29 is 9.90 Å². The number of carboxylic acid groups (broad SMARTS) is 1.